The van der Waals surface area contributed by atoms with Crippen LogP contribution in [-0.4, -0.2) is 28.0 Å². The van der Waals surface area contributed by atoms with Crippen molar-refractivity contribution < 1.29 is 14.7 Å². The smallest absolute Gasteiger partial charge is 0.308 e. The molecule has 2 N–H and O–H groups in total. The van der Waals surface area contributed by atoms with Crippen LogP contribution in [0.2, 0.25) is 0 Å². The number of aryl methyl sites for hydroxylation is 1. The molecule has 0 aromatic carbocycles. The van der Waals surface area contributed by atoms with Crippen molar-refractivity contribution in [3.05, 3.63) is 16.1 Å². The molecule has 1 aromatic heterocycles. The van der Waals surface area contributed by atoms with E-state index >= 15 is 0 Å². The first-order chi connectivity index (χ1) is 8.43. The summed E-state index contributed by atoms with van der Waals surface area (Å²) >= 11 is 1.54. The van der Waals surface area contributed by atoms with Crippen LogP contribution in [0.1, 0.15) is 31.5 Å². The number of rotatable bonds is 6. The topological polar surface area (TPSA) is 79.3 Å². The molecular weight excluding hydrogens is 252 g/mol. The molecule has 2 atom stereocenters. The molecule has 0 radical (unpaired) electrons. The van der Waals surface area contributed by atoms with Crippen molar-refractivity contribution in [2.45, 2.75) is 39.7 Å². The van der Waals surface area contributed by atoms with Crippen molar-refractivity contribution in [1.29, 1.82) is 0 Å². The first-order valence-electron chi connectivity index (χ1n) is 5.89. The van der Waals surface area contributed by atoms with E-state index in [1.165, 1.54) is 11.3 Å². The fourth-order valence-corrected chi connectivity index (χ4v) is 2.15. The zero-order chi connectivity index (χ0) is 13.7. The molecule has 0 saturated carbocycles. The summed E-state index contributed by atoms with van der Waals surface area (Å²) in [7, 11) is 0. The van der Waals surface area contributed by atoms with Gasteiger partial charge in [-0.25, -0.2) is 4.98 Å². The molecule has 0 fully saturated rings. The molecule has 1 amide bonds. The quantitative estimate of drug-likeness (QED) is 0.820. The Morgan fingerprint density at radius 3 is 2.67 bits per heavy atom. The number of carbonyl (C=O) groups is 2. The van der Waals surface area contributed by atoms with Gasteiger partial charge >= 0.3 is 5.97 Å². The van der Waals surface area contributed by atoms with Crippen LogP contribution in [0.5, 0.6) is 0 Å². The van der Waals surface area contributed by atoms with Crippen molar-refractivity contribution in [2.24, 2.45) is 5.92 Å². The highest BCUT2D eigenvalue weighted by atomic mass is 32.1. The molecule has 2 unspecified atom stereocenters. The Hall–Kier alpha value is -1.43. The van der Waals surface area contributed by atoms with Crippen LogP contribution in [-0.2, 0) is 22.4 Å². The molecular formula is C12H18N2O3S. The number of nitrogens with zero attached hydrogens (tertiary/aromatic N) is 1. The standard InChI is InChI=1S/C12H18N2O3S/c1-4-11-14-9(6-18-11)5-10(15)13-8(3)7(2)12(16)17/h6-8H,4-5H2,1-3H3,(H,13,15)(H,16,17). The summed E-state index contributed by atoms with van der Waals surface area (Å²) in [4.78, 5) is 26.8. The third-order valence-corrected chi connectivity index (χ3v) is 3.81. The number of amides is 1. The highest BCUT2D eigenvalue weighted by Gasteiger charge is 2.21. The number of carboxylic acids is 1. The van der Waals surface area contributed by atoms with E-state index < -0.39 is 11.9 Å². The molecule has 1 rings (SSSR count). The molecule has 1 aromatic rings. The number of nitrogens with one attached hydrogen (secondary N) is 1. The molecule has 18 heavy (non-hydrogen) atoms. The van der Waals surface area contributed by atoms with Crippen LogP contribution >= 0.6 is 11.3 Å². The van der Waals surface area contributed by atoms with Gasteiger partial charge in [-0.2, -0.15) is 0 Å². The van der Waals surface area contributed by atoms with Gasteiger partial charge in [0.05, 0.1) is 23.0 Å². The van der Waals surface area contributed by atoms with E-state index in [1.807, 2.05) is 12.3 Å². The summed E-state index contributed by atoms with van der Waals surface area (Å²) in [5, 5.41) is 14.4. The first-order valence-corrected chi connectivity index (χ1v) is 6.77. The largest absolute Gasteiger partial charge is 0.481 e. The van der Waals surface area contributed by atoms with Gasteiger partial charge in [-0.15, -0.1) is 11.3 Å². The summed E-state index contributed by atoms with van der Waals surface area (Å²) < 4.78 is 0. The second-order valence-corrected chi connectivity index (χ2v) is 5.19. The summed E-state index contributed by atoms with van der Waals surface area (Å²) in [6.07, 6.45) is 1.06. The van der Waals surface area contributed by atoms with E-state index in [-0.39, 0.29) is 18.4 Å². The maximum Gasteiger partial charge on any atom is 0.308 e. The number of carbonyl (C=O) groups excluding carboxylic acids is 1. The predicted octanol–water partition coefficient (Wildman–Crippen LogP) is 1.47. The molecule has 0 saturated heterocycles. The Morgan fingerprint density at radius 1 is 1.50 bits per heavy atom. The van der Waals surface area contributed by atoms with E-state index in [4.69, 9.17) is 5.11 Å². The van der Waals surface area contributed by atoms with Crippen LogP contribution < -0.4 is 5.32 Å². The lowest BCUT2D eigenvalue weighted by atomic mass is 10.0. The van der Waals surface area contributed by atoms with E-state index in [0.29, 0.717) is 0 Å². The van der Waals surface area contributed by atoms with E-state index in [2.05, 4.69) is 10.3 Å². The van der Waals surface area contributed by atoms with Gasteiger partial charge in [0.15, 0.2) is 0 Å². The van der Waals surface area contributed by atoms with Gasteiger partial charge < -0.3 is 10.4 Å². The number of aliphatic carboxylic acids is 1. The zero-order valence-electron chi connectivity index (χ0n) is 10.8. The van der Waals surface area contributed by atoms with Crippen molar-refractivity contribution in [1.82, 2.24) is 10.3 Å². The van der Waals surface area contributed by atoms with Crippen LogP contribution in [0.4, 0.5) is 0 Å². The van der Waals surface area contributed by atoms with Crippen LogP contribution in [0.25, 0.3) is 0 Å². The highest BCUT2D eigenvalue weighted by Crippen LogP contribution is 2.11. The average Bonchev–Trinajstić information content (AvgIpc) is 2.75. The van der Waals surface area contributed by atoms with Gasteiger partial charge in [-0.05, 0) is 20.3 Å². The maximum absolute atomic E-state index is 11.7. The van der Waals surface area contributed by atoms with Gasteiger partial charge in [-0.1, -0.05) is 6.92 Å². The first kappa shape index (κ1) is 14.6. The van der Waals surface area contributed by atoms with Crippen molar-refractivity contribution in [3.63, 3.8) is 0 Å². The minimum absolute atomic E-state index is 0.191. The lowest BCUT2D eigenvalue weighted by Crippen LogP contribution is -2.40. The average molecular weight is 270 g/mol. The molecule has 0 aliphatic carbocycles. The third-order valence-electron chi connectivity index (χ3n) is 2.77. The Bertz CT molecular complexity index is 431. The number of hydrogen-bond donors (Lipinski definition) is 2. The maximum atomic E-state index is 11.7. The molecule has 1 heterocycles. The Labute approximate surface area is 110 Å². The summed E-state index contributed by atoms with van der Waals surface area (Å²) in [6.45, 7) is 5.28. The Morgan fingerprint density at radius 2 is 2.17 bits per heavy atom. The van der Waals surface area contributed by atoms with Gasteiger partial charge in [0.2, 0.25) is 5.91 Å². The van der Waals surface area contributed by atoms with E-state index in [1.54, 1.807) is 13.8 Å². The molecule has 0 spiro atoms. The van der Waals surface area contributed by atoms with Gasteiger partial charge in [0.25, 0.3) is 0 Å². The summed E-state index contributed by atoms with van der Waals surface area (Å²) in [5.41, 5.74) is 0.740. The minimum Gasteiger partial charge on any atom is -0.481 e. The number of thiazole rings is 1. The predicted molar refractivity (Wildman–Crippen MR) is 69.6 cm³/mol. The molecule has 0 bridgehead atoms. The van der Waals surface area contributed by atoms with E-state index in [0.717, 1.165) is 17.1 Å². The molecule has 6 heteroatoms. The molecule has 0 aliphatic rings. The molecule has 100 valence electrons. The van der Waals surface area contributed by atoms with Gasteiger partial charge in [0.1, 0.15) is 0 Å². The lowest BCUT2D eigenvalue weighted by Gasteiger charge is -2.17. The Balaban J connectivity index is 2.48. The normalized spacial score (nSPS) is 13.9. The van der Waals surface area contributed by atoms with Crippen LogP contribution in [0.3, 0.4) is 0 Å². The second-order valence-electron chi connectivity index (χ2n) is 4.25. The highest BCUT2D eigenvalue weighted by molar-refractivity contribution is 7.09. The van der Waals surface area contributed by atoms with Crippen LogP contribution in [0.15, 0.2) is 5.38 Å². The van der Waals surface area contributed by atoms with Crippen LogP contribution in [0, 0.1) is 5.92 Å². The summed E-state index contributed by atoms with van der Waals surface area (Å²) in [5.74, 6) is -1.70. The number of hydrogen-bond acceptors (Lipinski definition) is 4. The molecule has 5 nitrogen and oxygen atoms in total. The second kappa shape index (κ2) is 6.49. The fraction of sp³-hybridized carbons (Fsp3) is 0.583. The third kappa shape index (κ3) is 4.10. The minimum atomic E-state index is -0.912. The molecule has 0 aliphatic heterocycles. The van der Waals surface area contributed by atoms with Crippen molar-refractivity contribution in [2.75, 3.05) is 0 Å². The zero-order valence-corrected chi connectivity index (χ0v) is 11.6. The van der Waals surface area contributed by atoms with E-state index in [9.17, 15) is 9.59 Å². The monoisotopic (exact) mass is 270 g/mol. The van der Waals surface area contributed by atoms with Gasteiger partial charge in [-0.3, -0.25) is 9.59 Å². The number of carboxylic acid groups (broad SMARTS) is 1. The summed E-state index contributed by atoms with van der Waals surface area (Å²) in [6, 6.07) is -0.390. The number of aromatic nitrogens is 1. The van der Waals surface area contributed by atoms with Crippen molar-refractivity contribution in [3.8, 4) is 0 Å². The van der Waals surface area contributed by atoms with Gasteiger partial charge in [0, 0.05) is 11.4 Å². The lowest BCUT2D eigenvalue weighted by molar-refractivity contribution is -0.142. The SMILES string of the molecule is CCc1nc(CC(=O)NC(C)C(C)C(=O)O)cs1. The Kier molecular flexibility index (Phi) is 5.27. The van der Waals surface area contributed by atoms with Crippen molar-refractivity contribution >= 4 is 23.2 Å². The fourth-order valence-electron chi connectivity index (χ4n) is 1.40.